The van der Waals surface area contributed by atoms with E-state index in [0.717, 1.165) is 25.7 Å². The zero-order chi connectivity index (χ0) is 14.5. The molecule has 2 rings (SSSR count). The van der Waals surface area contributed by atoms with Crippen LogP contribution in [0.15, 0.2) is 12.1 Å². The Morgan fingerprint density at radius 2 is 2.10 bits per heavy atom. The van der Waals surface area contributed by atoms with Gasteiger partial charge in [0.1, 0.15) is 0 Å². The third-order valence-electron chi connectivity index (χ3n) is 4.02. The van der Waals surface area contributed by atoms with Crippen molar-refractivity contribution in [2.24, 2.45) is 5.92 Å². The third-order valence-corrected chi connectivity index (χ3v) is 5.20. The van der Waals surface area contributed by atoms with Crippen molar-refractivity contribution in [1.29, 1.82) is 0 Å². The molecule has 1 heterocycles. The number of esters is 1. The van der Waals surface area contributed by atoms with E-state index < -0.39 is 0 Å². The lowest BCUT2D eigenvalue weighted by Gasteiger charge is -2.30. The van der Waals surface area contributed by atoms with Gasteiger partial charge in [-0.2, -0.15) is 0 Å². The highest BCUT2D eigenvalue weighted by Crippen LogP contribution is 2.28. The molecule has 0 saturated heterocycles. The number of ether oxygens (including phenoxy) is 1. The molecule has 0 aromatic carbocycles. The van der Waals surface area contributed by atoms with Gasteiger partial charge in [0.25, 0.3) is 0 Å². The predicted molar refractivity (Wildman–Crippen MR) is 83.0 cm³/mol. The second kappa shape index (κ2) is 7.23. The number of aryl methyl sites for hydroxylation is 1. The average molecular weight is 295 g/mol. The summed E-state index contributed by atoms with van der Waals surface area (Å²) in [5, 5.41) is 3.70. The first-order valence-electron chi connectivity index (χ1n) is 7.59. The van der Waals surface area contributed by atoms with Crippen molar-refractivity contribution >= 4 is 17.3 Å². The quantitative estimate of drug-likeness (QED) is 0.839. The van der Waals surface area contributed by atoms with Crippen LogP contribution in [0, 0.1) is 12.8 Å². The molecule has 4 heteroatoms. The number of thiophene rings is 1. The molecule has 1 aromatic heterocycles. The summed E-state index contributed by atoms with van der Waals surface area (Å²) in [6.07, 6.45) is 4.04. The molecule has 0 radical (unpaired) electrons. The summed E-state index contributed by atoms with van der Waals surface area (Å²) in [6.45, 7) is 6.73. The molecule has 112 valence electrons. The Kier molecular flexibility index (Phi) is 5.61. The molecule has 0 bridgehead atoms. The summed E-state index contributed by atoms with van der Waals surface area (Å²) in [7, 11) is 0. The molecule has 1 atom stereocenters. The van der Waals surface area contributed by atoms with Crippen LogP contribution in [0.5, 0.6) is 0 Å². The first-order valence-corrected chi connectivity index (χ1v) is 8.40. The van der Waals surface area contributed by atoms with E-state index in [2.05, 4.69) is 31.3 Å². The molecule has 0 spiro atoms. The van der Waals surface area contributed by atoms with Crippen LogP contribution < -0.4 is 5.32 Å². The summed E-state index contributed by atoms with van der Waals surface area (Å²) < 4.78 is 5.11. The van der Waals surface area contributed by atoms with Crippen molar-refractivity contribution < 1.29 is 9.53 Å². The van der Waals surface area contributed by atoms with Gasteiger partial charge in [-0.1, -0.05) is 0 Å². The van der Waals surface area contributed by atoms with Crippen molar-refractivity contribution in [1.82, 2.24) is 5.32 Å². The second-order valence-corrected chi connectivity index (χ2v) is 6.96. The molecule has 1 saturated carbocycles. The Hall–Kier alpha value is -0.870. The highest BCUT2D eigenvalue weighted by Gasteiger charge is 2.27. The first-order chi connectivity index (χ1) is 9.60. The zero-order valence-corrected chi connectivity index (χ0v) is 13.5. The number of carbonyl (C=O) groups excluding carboxylic acids is 1. The van der Waals surface area contributed by atoms with E-state index in [0.29, 0.717) is 18.7 Å². The minimum absolute atomic E-state index is 0.00659. The van der Waals surface area contributed by atoms with E-state index in [1.807, 2.05) is 18.3 Å². The van der Waals surface area contributed by atoms with Gasteiger partial charge >= 0.3 is 5.97 Å². The maximum Gasteiger partial charge on any atom is 0.308 e. The fourth-order valence-electron chi connectivity index (χ4n) is 2.88. The summed E-state index contributed by atoms with van der Waals surface area (Å²) >= 11 is 1.86. The van der Waals surface area contributed by atoms with Gasteiger partial charge in [0.05, 0.1) is 12.5 Å². The van der Waals surface area contributed by atoms with Crippen LogP contribution in [-0.2, 0) is 9.53 Å². The first kappa shape index (κ1) is 15.5. The smallest absolute Gasteiger partial charge is 0.308 e. The van der Waals surface area contributed by atoms with Crippen LogP contribution in [0.4, 0.5) is 0 Å². The lowest BCUT2D eigenvalue weighted by Crippen LogP contribution is -2.36. The van der Waals surface area contributed by atoms with E-state index in [9.17, 15) is 4.79 Å². The van der Waals surface area contributed by atoms with Crippen molar-refractivity contribution in [2.45, 2.75) is 58.5 Å². The summed E-state index contributed by atoms with van der Waals surface area (Å²) in [5.74, 6) is 0.111. The summed E-state index contributed by atoms with van der Waals surface area (Å²) in [5.41, 5.74) is 0. The zero-order valence-electron chi connectivity index (χ0n) is 12.6. The van der Waals surface area contributed by atoms with Gasteiger partial charge in [-0.3, -0.25) is 4.79 Å². The maximum absolute atomic E-state index is 11.7. The van der Waals surface area contributed by atoms with Crippen LogP contribution in [0.3, 0.4) is 0 Å². The topological polar surface area (TPSA) is 38.3 Å². The van der Waals surface area contributed by atoms with Crippen LogP contribution in [0.25, 0.3) is 0 Å². The van der Waals surface area contributed by atoms with E-state index in [-0.39, 0.29) is 11.9 Å². The molecule has 20 heavy (non-hydrogen) atoms. The number of hydrogen-bond acceptors (Lipinski definition) is 4. The van der Waals surface area contributed by atoms with Crippen LogP contribution in [-0.4, -0.2) is 18.6 Å². The number of rotatable bonds is 5. The van der Waals surface area contributed by atoms with E-state index in [1.54, 1.807) is 0 Å². The monoisotopic (exact) mass is 295 g/mol. The minimum Gasteiger partial charge on any atom is -0.466 e. The van der Waals surface area contributed by atoms with Crippen molar-refractivity contribution in [2.75, 3.05) is 6.61 Å². The number of hydrogen-bond donors (Lipinski definition) is 1. The highest BCUT2D eigenvalue weighted by molar-refractivity contribution is 7.12. The molecule has 0 amide bonds. The number of carbonyl (C=O) groups is 1. The van der Waals surface area contributed by atoms with Crippen molar-refractivity contribution in [3.8, 4) is 0 Å². The normalized spacial score (nSPS) is 24.4. The average Bonchev–Trinajstić information content (AvgIpc) is 2.86. The van der Waals surface area contributed by atoms with Crippen LogP contribution >= 0.6 is 11.3 Å². The fraction of sp³-hybridized carbons (Fsp3) is 0.688. The van der Waals surface area contributed by atoms with Crippen molar-refractivity contribution in [3.05, 3.63) is 21.9 Å². The molecule has 3 nitrogen and oxygen atoms in total. The third kappa shape index (κ3) is 4.06. The maximum atomic E-state index is 11.7. The van der Waals surface area contributed by atoms with Gasteiger partial charge in [-0.25, -0.2) is 0 Å². The molecule has 1 fully saturated rings. The fourth-order valence-corrected chi connectivity index (χ4v) is 3.77. The van der Waals surface area contributed by atoms with Crippen LogP contribution in [0.1, 0.15) is 55.3 Å². The summed E-state index contributed by atoms with van der Waals surface area (Å²) in [6, 6.07) is 5.31. The SMILES string of the molecule is CCOC(=O)C1CCC(NC(C)c2ccc(C)s2)CC1. The largest absolute Gasteiger partial charge is 0.466 e. The Bertz CT molecular complexity index is 435. The molecule has 1 aromatic rings. The molecule has 1 aliphatic rings. The van der Waals surface area contributed by atoms with E-state index in [1.165, 1.54) is 9.75 Å². The van der Waals surface area contributed by atoms with Gasteiger partial charge in [0.15, 0.2) is 0 Å². The highest BCUT2D eigenvalue weighted by atomic mass is 32.1. The molecule has 1 N–H and O–H groups in total. The molecular weight excluding hydrogens is 270 g/mol. The van der Waals surface area contributed by atoms with E-state index >= 15 is 0 Å². The van der Waals surface area contributed by atoms with Gasteiger partial charge < -0.3 is 10.1 Å². The van der Waals surface area contributed by atoms with Gasteiger partial charge in [-0.05, 0) is 58.6 Å². The van der Waals surface area contributed by atoms with E-state index in [4.69, 9.17) is 4.74 Å². The minimum atomic E-state index is -0.00659. The molecule has 1 aliphatic carbocycles. The number of nitrogens with one attached hydrogen (secondary N) is 1. The summed E-state index contributed by atoms with van der Waals surface area (Å²) in [4.78, 5) is 14.5. The van der Waals surface area contributed by atoms with Gasteiger partial charge in [0.2, 0.25) is 0 Å². The predicted octanol–water partition coefficient (Wildman–Crippen LogP) is 3.83. The lowest BCUT2D eigenvalue weighted by molar-refractivity contribution is -0.149. The Labute approximate surface area is 125 Å². The molecule has 1 unspecified atom stereocenters. The Balaban J connectivity index is 1.78. The molecular formula is C16H25NO2S. The van der Waals surface area contributed by atoms with Crippen molar-refractivity contribution in [3.63, 3.8) is 0 Å². The Morgan fingerprint density at radius 1 is 1.40 bits per heavy atom. The lowest BCUT2D eigenvalue weighted by atomic mass is 9.86. The van der Waals surface area contributed by atoms with Gasteiger partial charge in [-0.15, -0.1) is 11.3 Å². The standard InChI is InChI=1S/C16H25NO2S/c1-4-19-16(18)13-6-8-14(9-7-13)17-12(3)15-10-5-11(2)20-15/h5,10,12-14,17H,4,6-9H2,1-3H3. The Morgan fingerprint density at radius 3 is 2.65 bits per heavy atom. The van der Waals surface area contributed by atoms with Crippen LogP contribution in [0.2, 0.25) is 0 Å². The molecule has 0 aliphatic heterocycles. The van der Waals surface area contributed by atoms with Gasteiger partial charge in [0, 0.05) is 21.8 Å². The second-order valence-electron chi connectivity index (χ2n) is 5.64.